The zero-order chi connectivity index (χ0) is 28.6. The van der Waals surface area contributed by atoms with Gasteiger partial charge in [0.05, 0.1) is 22.5 Å². The Morgan fingerprint density at radius 1 is 0.950 bits per heavy atom. The van der Waals surface area contributed by atoms with Gasteiger partial charge in [0.1, 0.15) is 47.4 Å². The molecular formula is C29H26F3N5O3. The van der Waals surface area contributed by atoms with E-state index in [9.17, 15) is 23.2 Å². The lowest BCUT2D eigenvalue weighted by atomic mass is 10.1. The van der Waals surface area contributed by atoms with Gasteiger partial charge in [-0.3, -0.25) is 4.98 Å². The standard InChI is InChI=1S/C29H26F3N5O3/c1-3-37(4-2)11-12-39-28-16-26-21(13-18(28)17-33)27(9-10-34-26)40-20-6-8-25(23(32)15-20)36-29(38)35-24-7-5-19(30)14-22(24)31/h5-10,13-16H,3-4,11-12H2,1-2H3,(H2,35,36,38). The van der Waals surface area contributed by atoms with Crippen LogP contribution in [0.3, 0.4) is 0 Å². The fraction of sp³-hybridized carbons (Fsp3) is 0.207. The molecule has 8 nitrogen and oxygen atoms in total. The summed E-state index contributed by atoms with van der Waals surface area (Å²) in [6, 6.07) is 12.5. The van der Waals surface area contributed by atoms with Gasteiger partial charge < -0.3 is 25.0 Å². The van der Waals surface area contributed by atoms with Crippen LogP contribution >= 0.6 is 0 Å². The molecule has 2 N–H and O–H groups in total. The van der Waals surface area contributed by atoms with E-state index < -0.39 is 23.5 Å². The molecule has 2 amide bonds. The predicted molar refractivity (Wildman–Crippen MR) is 145 cm³/mol. The molecule has 0 radical (unpaired) electrons. The summed E-state index contributed by atoms with van der Waals surface area (Å²) in [5, 5.41) is 14.7. The normalized spacial score (nSPS) is 10.8. The average Bonchev–Trinajstić information content (AvgIpc) is 2.94. The summed E-state index contributed by atoms with van der Waals surface area (Å²) in [6.45, 7) is 7.05. The molecule has 0 saturated heterocycles. The van der Waals surface area contributed by atoms with Crippen LogP contribution in [0, 0.1) is 28.8 Å². The first kappa shape index (κ1) is 28.2. The molecule has 0 aliphatic heterocycles. The Morgan fingerprint density at radius 3 is 2.30 bits per heavy atom. The van der Waals surface area contributed by atoms with Crippen LogP contribution in [0.4, 0.5) is 29.3 Å². The maximum absolute atomic E-state index is 14.8. The number of benzene rings is 3. The van der Waals surface area contributed by atoms with Crippen LogP contribution in [0.15, 0.2) is 60.8 Å². The first-order valence-corrected chi connectivity index (χ1v) is 12.5. The number of halogens is 3. The number of hydrogen-bond donors (Lipinski definition) is 2. The number of carbonyl (C=O) groups is 1. The number of nitriles is 1. The number of amides is 2. The van der Waals surface area contributed by atoms with E-state index in [1.807, 2.05) is 0 Å². The largest absolute Gasteiger partial charge is 0.491 e. The van der Waals surface area contributed by atoms with Gasteiger partial charge in [0.25, 0.3) is 0 Å². The van der Waals surface area contributed by atoms with Crippen LogP contribution < -0.4 is 20.1 Å². The van der Waals surface area contributed by atoms with E-state index in [4.69, 9.17) is 9.47 Å². The number of aromatic nitrogens is 1. The van der Waals surface area contributed by atoms with Gasteiger partial charge in [0, 0.05) is 36.3 Å². The fourth-order valence-corrected chi connectivity index (χ4v) is 3.92. The van der Waals surface area contributed by atoms with Crippen molar-refractivity contribution in [2.75, 3.05) is 36.9 Å². The molecule has 0 bridgehead atoms. The maximum atomic E-state index is 14.8. The fourth-order valence-electron chi connectivity index (χ4n) is 3.92. The summed E-state index contributed by atoms with van der Waals surface area (Å²) in [5.41, 5.74) is 0.375. The van der Waals surface area contributed by atoms with E-state index in [-0.39, 0.29) is 17.1 Å². The highest BCUT2D eigenvalue weighted by atomic mass is 19.1. The van der Waals surface area contributed by atoms with Gasteiger partial charge >= 0.3 is 6.03 Å². The van der Waals surface area contributed by atoms with Crippen molar-refractivity contribution in [1.82, 2.24) is 9.88 Å². The lowest BCUT2D eigenvalue weighted by molar-refractivity contribution is 0.222. The van der Waals surface area contributed by atoms with Crippen molar-refractivity contribution in [3.63, 3.8) is 0 Å². The first-order chi connectivity index (χ1) is 19.3. The maximum Gasteiger partial charge on any atom is 0.323 e. The molecule has 0 aliphatic rings. The van der Waals surface area contributed by atoms with Crippen LogP contribution in [0.25, 0.3) is 10.9 Å². The Labute approximate surface area is 229 Å². The predicted octanol–water partition coefficient (Wildman–Crippen LogP) is 6.68. The molecule has 40 heavy (non-hydrogen) atoms. The number of likely N-dealkylation sites (N-methyl/N-ethyl adjacent to an activating group) is 1. The third-order valence-electron chi connectivity index (χ3n) is 6.08. The molecule has 4 aromatic rings. The molecule has 1 aromatic heterocycles. The summed E-state index contributed by atoms with van der Waals surface area (Å²) < 4.78 is 53.4. The van der Waals surface area contributed by atoms with E-state index in [2.05, 4.69) is 40.4 Å². The number of rotatable bonds is 10. The summed E-state index contributed by atoms with van der Waals surface area (Å²) in [7, 11) is 0. The quantitative estimate of drug-likeness (QED) is 0.229. The van der Waals surface area contributed by atoms with Gasteiger partial charge in [-0.25, -0.2) is 18.0 Å². The summed E-state index contributed by atoms with van der Waals surface area (Å²) >= 11 is 0. The molecule has 206 valence electrons. The van der Waals surface area contributed by atoms with E-state index in [0.717, 1.165) is 31.3 Å². The Morgan fingerprint density at radius 2 is 1.65 bits per heavy atom. The van der Waals surface area contributed by atoms with Gasteiger partial charge in [0.2, 0.25) is 0 Å². The lowest BCUT2D eigenvalue weighted by Gasteiger charge is -2.18. The smallest absolute Gasteiger partial charge is 0.323 e. The molecule has 0 aliphatic carbocycles. The SMILES string of the molecule is CCN(CC)CCOc1cc2nccc(Oc3ccc(NC(=O)Nc4ccc(F)cc4F)c(F)c3)c2cc1C#N. The lowest BCUT2D eigenvalue weighted by Crippen LogP contribution is -2.28. The van der Waals surface area contributed by atoms with Gasteiger partial charge in [-0.2, -0.15) is 5.26 Å². The van der Waals surface area contributed by atoms with Crippen molar-refractivity contribution < 1.29 is 27.4 Å². The highest BCUT2D eigenvalue weighted by Crippen LogP contribution is 2.34. The third kappa shape index (κ3) is 6.78. The Balaban J connectivity index is 1.48. The average molecular weight is 550 g/mol. The van der Waals surface area contributed by atoms with E-state index in [1.165, 1.54) is 18.3 Å². The minimum absolute atomic E-state index is 0.124. The number of nitrogens with one attached hydrogen (secondary N) is 2. The van der Waals surface area contributed by atoms with E-state index >= 15 is 0 Å². The van der Waals surface area contributed by atoms with Crippen molar-refractivity contribution in [2.24, 2.45) is 0 Å². The molecule has 0 fully saturated rings. The number of anilines is 2. The molecule has 0 atom stereocenters. The van der Waals surface area contributed by atoms with Crippen LogP contribution in [0.5, 0.6) is 17.2 Å². The summed E-state index contributed by atoms with van der Waals surface area (Å²) in [4.78, 5) is 18.7. The second kappa shape index (κ2) is 12.8. The van der Waals surface area contributed by atoms with Crippen molar-refractivity contribution in [1.29, 1.82) is 5.26 Å². The van der Waals surface area contributed by atoms with E-state index in [0.29, 0.717) is 47.2 Å². The monoisotopic (exact) mass is 549 g/mol. The highest BCUT2D eigenvalue weighted by Gasteiger charge is 2.14. The Hall–Kier alpha value is -4.82. The van der Waals surface area contributed by atoms with Crippen molar-refractivity contribution >= 4 is 28.3 Å². The molecule has 1 heterocycles. The minimum Gasteiger partial charge on any atom is -0.491 e. The van der Waals surface area contributed by atoms with Crippen LogP contribution in [-0.2, 0) is 0 Å². The van der Waals surface area contributed by atoms with Crippen LogP contribution in [0.2, 0.25) is 0 Å². The van der Waals surface area contributed by atoms with Crippen molar-refractivity contribution in [3.8, 4) is 23.3 Å². The second-order valence-corrected chi connectivity index (χ2v) is 8.61. The second-order valence-electron chi connectivity index (χ2n) is 8.61. The first-order valence-electron chi connectivity index (χ1n) is 12.5. The molecule has 3 aromatic carbocycles. The molecule has 0 unspecified atom stereocenters. The zero-order valence-corrected chi connectivity index (χ0v) is 21.8. The zero-order valence-electron chi connectivity index (χ0n) is 21.8. The van der Waals surface area contributed by atoms with Gasteiger partial charge in [0.15, 0.2) is 0 Å². The number of pyridine rings is 1. The number of fused-ring (bicyclic) bond motifs is 1. The number of hydrogen-bond acceptors (Lipinski definition) is 6. The number of ether oxygens (including phenoxy) is 2. The number of carbonyl (C=O) groups excluding carboxylic acids is 1. The molecule has 11 heteroatoms. The van der Waals surface area contributed by atoms with Gasteiger partial charge in [-0.15, -0.1) is 0 Å². The molecule has 4 rings (SSSR count). The van der Waals surface area contributed by atoms with Crippen LogP contribution in [-0.4, -0.2) is 42.2 Å². The molecule has 0 spiro atoms. The summed E-state index contributed by atoms with van der Waals surface area (Å²) in [5.74, 6) is -1.71. The van der Waals surface area contributed by atoms with Crippen molar-refractivity contribution in [3.05, 3.63) is 83.8 Å². The third-order valence-corrected chi connectivity index (χ3v) is 6.08. The minimum atomic E-state index is -0.971. The number of nitrogens with zero attached hydrogens (tertiary/aromatic N) is 3. The Kier molecular flexibility index (Phi) is 9.04. The number of urea groups is 1. The van der Waals surface area contributed by atoms with Crippen molar-refractivity contribution in [2.45, 2.75) is 13.8 Å². The van der Waals surface area contributed by atoms with Gasteiger partial charge in [-0.1, -0.05) is 13.8 Å². The molecular weight excluding hydrogens is 523 g/mol. The Bertz CT molecular complexity index is 1570. The van der Waals surface area contributed by atoms with Gasteiger partial charge in [-0.05, 0) is 49.5 Å². The summed E-state index contributed by atoms with van der Waals surface area (Å²) in [6.07, 6.45) is 1.52. The van der Waals surface area contributed by atoms with Crippen LogP contribution in [0.1, 0.15) is 19.4 Å². The van der Waals surface area contributed by atoms with E-state index in [1.54, 1.807) is 18.2 Å². The topological polar surface area (TPSA) is 99.5 Å². The highest BCUT2D eigenvalue weighted by molar-refractivity contribution is 6.00. The molecule has 0 saturated carbocycles.